The number of benzene rings is 1. The van der Waals surface area contributed by atoms with Crippen molar-refractivity contribution in [2.75, 3.05) is 0 Å². The Morgan fingerprint density at radius 2 is 1.39 bits per heavy atom. The molecule has 0 aliphatic heterocycles. The van der Waals surface area contributed by atoms with Crippen molar-refractivity contribution in [3.8, 4) is 5.75 Å². The fourth-order valence-corrected chi connectivity index (χ4v) is 0.643. The predicted molar refractivity (Wildman–Crippen MR) is 43.3 cm³/mol. The number of rotatable bonds is 1. The summed E-state index contributed by atoms with van der Waals surface area (Å²) in [5.41, 5.74) is -0.178. The molecule has 1 rings (SSSR count). The first kappa shape index (κ1) is 26.7. The summed E-state index contributed by atoms with van der Waals surface area (Å²) in [4.78, 5) is 10.2. The average Bonchev–Trinajstić information content (AvgIpc) is 2.01. The van der Waals surface area contributed by atoms with Crippen molar-refractivity contribution in [1.82, 2.24) is 0 Å². The first-order valence-corrected chi connectivity index (χ1v) is 4.71. The van der Waals surface area contributed by atoms with Crippen LogP contribution in [0.4, 0.5) is 0 Å². The van der Waals surface area contributed by atoms with Crippen LogP contribution in [0.15, 0.2) is 24.3 Å². The quantitative estimate of drug-likeness (QED) is 0.347. The number of carbonyl (C=O) groups is 1. The SMILES string of the molecule is O=C(O)c1ccccc1[O-].O=S(=O)([O-])[O-].[Zn+2].[Zn+2].[Zn+2]. The molecule has 0 aromatic heterocycles. The maximum absolute atomic E-state index is 10.7. The van der Waals surface area contributed by atoms with Crippen LogP contribution < -0.4 is 5.11 Å². The molecule has 11 heteroatoms. The third kappa shape index (κ3) is 16.2. The molecule has 1 aromatic carbocycles. The van der Waals surface area contributed by atoms with Crippen LogP contribution in [0.5, 0.6) is 5.75 Å². The molecule has 7 nitrogen and oxygen atoms in total. The van der Waals surface area contributed by atoms with E-state index >= 15 is 0 Å². The summed E-state index contributed by atoms with van der Waals surface area (Å²) in [6, 6.07) is 5.54. The smallest absolute Gasteiger partial charge is 0.872 e. The van der Waals surface area contributed by atoms with Gasteiger partial charge in [0.15, 0.2) is 0 Å². The number of carboxylic acid groups (broad SMARTS) is 1. The van der Waals surface area contributed by atoms with Gasteiger partial charge in [-0.2, -0.15) is 0 Å². The van der Waals surface area contributed by atoms with E-state index in [0.717, 1.165) is 0 Å². The molecule has 0 aliphatic carbocycles. The zero-order valence-corrected chi connectivity index (χ0v) is 19.0. The van der Waals surface area contributed by atoms with E-state index in [4.69, 9.17) is 22.6 Å². The van der Waals surface area contributed by atoms with E-state index in [9.17, 15) is 9.90 Å². The second kappa shape index (κ2) is 12.3. The minimum atomic E-state index is -5.17. The minimum Gasteiger partial charge on any atom is -0.872 e. The number of carboxylic acids is 1. The number of hydrogen-bond acceptors (Lipinski definition) is 6. The Balaban J connectivity index is -0.000000109. The second-order valence-corrected chi connectivity index (χ2v) is 3.03. The third-order valence-corrected chi connectivity index (χ3v) is 1.12. The van der Waals surface area contributed by atoms with Crippen molar-refractivity contribution >= 4 is 16.4 Å². The van der Waals surface area contributed by atoms with Gasteiger partial charge in [0.05, 0.1) is 5.56 Å². The molecule has 0 spiro atoms. The van der Waals surface area contributed by atoms with Crippen molar-refractivity contribution in [2.24, 2.45) is 0 Å². The van der Waals surface area contributed by atoms with E-state index in [1.807, 2.05) is 0 Å². The van der Waals surface area contributed by atoms with Crippen molar-refractivity contribution in [2.45, 2.75) is 0 Å². The van der Waals surface area contributed by atoms with E-state index in [1.54, 1.807) is 0 Å². The van der Waals surface area contributed by atoms with Crippen molar-refractivity contribution in [1.29, 1.82) is 0 Å². The van der Waals surface area contributed by atoms with Gasteiger partial charge in [0.2, 0.25) is 0 Å². The van der Waals surface area contributed by atoms with Crippen LogP contribution >= 0.6 is 0 Å². The van der Waals surface area contributed by atoms with Gasteiger partial charge in [0.1, 0.15) is 0 Å². The molecular formula is C7H5O7SZn3+3. The Morgan fingerprint density at radius 1 is 1.06 bits per heavy atom. The molecule has 84 valence electrons. The molecule has 0 heterocycles. The number of hydrogen-bond donors (Lipinski definition) is 1. The summed E-state index contributed by atoms with van der Waals surface area (Å²) in [6.45, 7) is 0. The molecule has 0 saturated carbocycles. The Morgan fingerprint density at radius 3 is 1.61 bits per heavy atom. The van der Waals surface area contributed by atoms with Crippen LogP contribution in [0, 0.1) is 0 Å². The fraction of sp³-hybridized carbons (Fsp3) is 0. The molecule has 0 fully saturated rings. The summed E-state index contributed by atoms with van der Waals surface area (Å²) < 4.78 is 34.1. The van der Waals surface area contributed by atoms with Crippen LogP contribution in [0.1, 0.15) is 10.4 Å². The molecule has 0 aliphatic rings. The van der Waals surface area contributed by atoms with Crippen LogP contribution in [-0.4, -0.2) is 28.6 Å². The van der Waals surface area contributed by atoms with Gasteiger partial charge in [-0.15, -0.1) is 0 Å². The Hall–Kier alpha value is 0.230. The van der Waals surface area contributed by atoms with Gasteiger partial charge in [-0.3, -0.25) is 8.42 Å². The molecule has 0 atom stereocenters. The molecule has 18 heavy (non-hydrogen) atoms. The summed E-state index contributed by atoms with van der Waals surface area (Å²) in [7, 11) is -5.17. The summed E-state index contributed by atoms with van der Waals surface area (Å²) in [5.74, 6) is -1.62. The third-order valence-electron chi connectivity index (χ3n) is 1.12. The first-order chi connectivity index (χ1) is 6.72. The monoisotopic (exact) mass is 425 g/mol. The van der Waals surface area contributed by atoms with Gasteiger partial charge in [-0.1, -0.05) is 23.9 Å². The first-order valence-electron chi connectivity index (χ1n) is 3.38. The van der Waals surface area contributed by atoms with Crippen molar-refractivity contribution in [3.63, 3.8) is 0 Å². The maximum atomic E-state index is 10.7. The number of para-hydroxylation sites is 1. The zero-order valence-electron chi connectivity index (χ0n) is 9.24. The predicted octanol–water partition coefficient (Wildman–Crippen LogP) is -0.887. The molecule has 0 radical (unpaired) electrons. The van der Waals surface area contributed by atoms with Gasteiger partial charge < -0.3 is 19.3 Å². The standard InChI is InChI=1S/C7H6O3.H2O4S.3Zn/c8-6-4-2-1-3-5(6)7(9)10;1-5(2,3)4;;;/h1-4,8H,(H,9,10);(H2,1,2,3,4);;;/q;;3*+2/p-3. The van der Waals surface area contributed by atoms with Crippen LogP contribution in [-0.2, 0) is 68.8 Å². The normalized spacial score (nSPS) is 8.33. The largest absolute Gasteiger partial charge is 2.00 e. The summed E-state index contributed by atoms with van der Waals surface area (Å²) >= 11 is 0. The minimum absolute atomic E-state index is 0. The Bertz CT molecular complexity index is 440. The van der Waals surface area contributed by atoms with E-state index in [-0.39, 0.29) is 64.0 Å². The molecule has 0 amide bonds. The molecular weight excluding hydrogens is 424 g/mol. The van der Waals surface area contributed by atoms with Crippen LogP contribution in [0.25, 0.3) is 0 Å². The number of aromatic carboxylic acids is 1. The summed E-state index contributed by atoms with van der Waals surface area (Å²) in [5, 5.41) is 19.0. The maximum Gasteiger partial charge on any atom is 2.00 e. The second-order valence-electron chi connectivity index (χ2n) is 2.21. The van der Waals surface area contributed by atoms with Gasteiger partial charge in [-0.25, -0.2) is 4.79 Å². The van der Waals surface area contributed by atoms with Crippen LogP contribution in [0.2, 0.25) is 0 Å². The topological polar surface area (TPSA) is 141 Å². The molecule has 1 aromatic rings. The molecule has 0 unspecified atom stereocenters. The van der Waals surface area contributed by atoms with Crippen molar-refractivity contribution < 1.29 is 91.0 Å². The Labute approximate surface area is 142 Å². The van der Waals surface area contributed by atoms with Crippen molar-refractivity contribution in [3.05, 3.63) is 29.8 Å². The van der Waals surface area contributed by atoms with E-state index in [2.05, 4.69) is 0 Å². The van der Waals surface area contributed by atoms with Gasteiger partial charge in [0.25, 0.3) is 0 Å². The van der Waals surface area contributed by atoms with Gasteiger partial charge >= 0.3 is 64.4 Å². The summed E-state index contributed by atoms with van der Waals surface area (Å²) in [6.07, 6.45) is 0. The van der Waals surface area contributed by atoms with Gasteiger partial charge in [0, 0.05) is 10.4 Å². The van der Waals surface area contributed by atoms with E-state index in [1.165, 1.54) is 24.3 Å². The molecule has 0 bridgehead atoms. The van der Waals surface area contributed by atoms with Gasteiger partial charge in [-0.05, 0) is 6.07 Å². The average molecular weight is 429 g/mol. The zero-order chi connectivity index (χ0) is 12.1. The van der Waals surface area contributed by atoms with E-state index in [0.29, 0.717) is 0 Å². The molecule has 1 N–H and O–H groups in total. The fourth-order valence-electron chi connectivity index (χ4n) is 0.643. The molecule has 0 saturated heterocycles. The Kier molecular flexibility index (Phi) is 18.2. The van der Waals surface area contributed by atoms with E-state index < -0.39 is 22.1 Å². The van der Waals surface area contributed by atoms with Crippen LogP contribution in [0.3, 0.4) is 0 Å².